The average molecular weight is 282 g/mol. The SMILES string of the molecule is COC1CC(C(=O)O)N(C(=O)c2n[nH]c(C(C)C)n2)C1. The fourth-order valence-electron chi connectivity index (χ4n) is 2.18. The van der Waals surface area contributed by atoms with Gasteiger partial charge in [-0.1, -0.05) is 13.8 Å². The van der Waals surface area contributed by atoms with E-state index >= 15 is 0 Å². The monoisotopic (exact) mass is 282 g/mol. The Balaban J connectivity index is 2.19. The number of amides is 1. The van der Waals surface area contributed by atoms with Crippen molar-refractivity contribution in [3.05, 3.63) is 11.6 Å². The number of aromatic nitrogens is 3. The van der Waals surface area contributed by atoms with Crippen molar-refractivity contribution in [2.75, 3.05) is 13.7 Å². The highest BCUT2D eigenvalue weighted by Crippen LogP contribution is 2.22. The van der Waals surface area contributed by atoms with E-state index in [1.54, 1.807) is 0 Å². The van der Waals surface area contributed by atoms with E-state index in [0.717, 1.165) is 0 Å². The summed E-state index contributed by atoms with van der Waals surface area (Å²) >= 11 is 0. The summed E-state index contributed by atoms with van der Waals surface area (Å²) in [4.78, 5) is 28.9. The number of carbonyl (C=O) groups is 2. The third kappa shape index (κ3) is 2.64. The number of aliphatic carboxylic acids is 1. The van der Waals surface area contributed by atoms with Gasteiger partial charge in [0.2, 0.25) is 5.82 Å². The van der Waals surface area contributed by atoms with Crippen molar-refractivity contribution in [2.45, 2.75) is 38.3 Å². The lowest BCUT2D eigenvalue weighted by Crippen LogP contribution is -2.41. The van der Waals surface area contributed by atoms with Crippen LogP contribution in [0.25, 0.3) is 0 Å². The van der Waals surface area contributed by atoms with Crippen molar-refractivity contribution in [3.8, 4) is 0 Å². The Morgan fingerprint density at radius 1 is 1.50 bits per heavy atom. The van der Waals surface area contributed by atoms with Crippen LogP contribution in [-0.4, -0.2) is 62.9 Å². The summed E-state index contributed by atoms with van der Waals surface area (Å²) in [6.45, 7) is 4.08. The summed E-state index contributed by atoms with van der Waals surface area (Å²) < 4.78 is 5.15. The second-order valence-electron chi connectivity index (χ2n) is 5.10. The average Bonchev–Trinajstić information content (AvgIpc) is 3.04. The summed E-state index contributed by atoms with van der Waals surface area (Å²) in [7, 11) is 1.50. The van der Waals surface area contributed by atoms with Crippen LogP contribution in [0.1, 0.15) is 42.6 Å². The van der Waals surface area contributed by atoms with E-state index in [4.69, 9.17) is 4.74 Å². The molecular weight excluding hydrogens is 264 g/mol. The van der Waals surface area contributed by atoms with Crippen molar-refractivity contribution in [3.63, 3.8) is 0 Å². The first kappa shape index (κ1) is 14.4. The highest BCUT2D eigenvalue weighted by Gasteiger charge is 2.41. The number of carboxylic acid groups (broad SMARTS) is 1. The smallest absolute Gasteiger partial charge is 0.326 e. The highest BCUT2D eigenvalue weighted by atomic mass is 16.5. The number of carbonyl (C=O) groups excluding carboxylic acids is 1. The van der Waals surface area contributed by atoms with Crippen LogP contribution < -0.4 is 0 Å². The summed E-state index contributed by atoms with van der Waals surface area (Å²) in [6, 6.07) is -0.895. The van der Waals surface area contributed by atoms with Crippen LogP contribution in [0.15, 0.2) is 0 Å². The Morgan fingerprint density at radius 2 is 2.20 bits per heavy atom. The summed E-state index contributed by atoms with van der Waals surface area (Å²) in [5.74, 6) is -0.818. The molecule has 2 N–H and O–H groups in total. The van der Waals surface area contributed by atoms with Crippen LogP contribution in [-0.2, 0) is 9.53 Å². The molecular formula is C12H18N4O4. The zero-order valence-corrected chi connectivity index (χ0v) is 11.7. The fourth-order valence-corrected chi connectivity index (χ4v) is 2.18. The Kier molecular flexibility index (Phi) is 4.03. The second kappa shape index (κ2) is 5.58. The van der Waals surface area contributed by atoms with Gasteiger partial charge in [0.25, 0.3) is 5.91 Å². The quantitative estimate of drug-likeness (QED) is 0.819. The van der Waals surface area contributed by atoms with Gasteiger partial charge in [-0.05, 0) is 0 Å². The molecule has 0 saturated carbocycles. The molecule has 0 aromatic carbocycles. The van der Waals surface area contributed by atoms with Gasteiger partial charge in [-0.2, -0.15) is 0 Å². The van der Waals surface area contributed by atoms with Crippen LogP contribution in [0.4, 0.5) is 0 Å². The lowest BCUT2D eigenvalue weighted by Gasteiger charge is -2.19. The molecule has 1 aromatic rings. The zero-order valence-electron chi connectivity index (χ0n) is 11.7. The number of methoxy groups -OCH3 is 1. The van der Waals surface area contributed by atoms with E-state index in [1.165, 1.54) is 12.0 Å². The van der Waals surface area contributed by atoms with Crippen LogP contribution in [0.3, 0.4) is 0 Å². The number of likely N-dealkylation sites (tertiary alicyclic amines) is 1. The Morgan fingerprint density at radius 3 is 2.70 bits per heavy atom. The topological polar surface area (TPSA) is 108 Å². The van der Waals surface area contributed by atoms with Crippen LogP contribution in [0.5, 0.6) is 0 Å². The molecule has 0 bridgehead atoms. The van der Waals surface area contributed by atoms with E-state index in [2.05, 4.69) is 15.2 Å². The number of hydrogen-bond acceptors (Lipinski definition) is 5. The number of carboxylic acids is 1. The molecule has 1 aromatic heterocycles. The standard InChI is InChI=1S/C12H18N4O4/c1-6(2)9-13-10(15-14-9)11(17)16-5-7(20-3)4-8(16)12(18)19/h6-8H,4-5H2,1-3H3,(H,18,19)(H,13,14,15). The first-order valence-electron chi connectivity index (χ1n) is 6.43. The third-order valence-electron chi connectivity index (χ3n) is 3.38. The van der Waals surface area contributed by atoms with E-state index < -0.39 is 17.9 Å². The molecule has 1 amide bonds. The summed E-state index contributed by atoms with van der Waals surface area (Å²) in [5, 5.41) is 15.7. The molecule has 2 rings (SSSR count). The number of H-pyrrole nitrogens is 1. The van der Waals surface area contributed by atoms with Gasteiger partial charge in [-0.3, -0.25) is 9.89 Å². The van der Waals surface area contributed by atoms with Gasteiger partial charge in [0.15, 0.2) is 0 Å². The van der Waals surface area contributed by atoms with E-state index in [9.17, 15) is 14.7 Å². The third-order valence-corrected chi connectivity index (χ3v) is 3.38. The number of rotatable bonds is 4. The first-order valence-corrected chi connectivity index (χ1v) is 6.43. The van der Waals surface area contributed by atoms with Crippen molar-refractivity contribution >= 4 is 11.9 Å². The van der Waals surface area contributed by atoms with Gasteiger partial charge in [0, 0.05) is 26.0 Å². The van der Waals surface area contributed by atoms with Gasteiger partial charge in [-0.15, -0.1) is 5.10 Å². The van der Waals surface area contributed by atoms with E-state index in [-0.39, 0.29) is 30.8 Å². The molecule has 2 atom stereocenters. The van der Waals surface area contributed by atoms with Crippen molar-refractivity contribution in [1.29, 1.82) is 0 Å². The molecule has 110 valence electrons. The predicted molar refractivity (Wildman–Crippen MR) is 68.3 cm³/mol. The number of aromatic amines is 1. The molecule has 1 aliphatic rings. The second-order valence-corrected chi connectivity index (χ2v) is 5.10. The maximum absolute atomic E-state index is 12.3. The number of nitrogens with one attached hydrogen (secondary N) is 1. The Bertz CT molecular complexity index is 513. The minimum absolute atomic E-state index is 0.00305. The van der Waals surface area contributed by atoms with Crippen LogP contribution in [0.2, 0.25) is 0 Å². The largest absolute Gasteiger partial charge is 0.480 e. The van der Waals surface area contributed by atoms with Crippen molar-refractivity contribution < 1.29 is 19.4 Å². The normalized spacial score (nSPS) is 22.5. The maximum Gasteiger partial charge on any atom is 0.326 e. The predicted octanol–water partition coefficient (Wildman–Crippen LogP) is 0.242. The molecule has 8 nitrogen and oxygen atoms in total. The van der Waals surface area contributed by atoms with Crippen LogP contribution >= 0.6 is 0 Å². The van der Waals surface area contributed by atoms with E-state index in [1.807, 2.05) is 13.8 Å². The molecule has 0 radical (unpaired) electrons. The minimum Gasteiger partial charge on any atom is -0.480 e. The Labute approximate surface area is 116 Å². The van der Waals surface area contributed by atoms with Gasteiger partial charge in [0.1, 0.15) is 11.9 Å². The van der Waals surface area contributed by atoms with Gasteiger partial charge in [0.05, 0.1) is 6.10 Å². The molecule has 2 unspecified atom stereocenters. The van der Waals surface area contributed by atoms with Gasteiger partial charge < -0.3 is 14.7 Å². The molecule has 1 saturated heterocycles. The lowest BCUT2D eigenvalue weighted by atomic mass is 10.2. The number of ether oxygens (including phenoxy) is 1. The first-order chi connectivity index (χ1) is 9.43. The van der Waals surface area contributed by atoms with Crippen molar-refractivity contribution in [1.82, 2.24) is 20.1 Å². The van der Waals surface area contributed by atoms with E-state index in [0.29, 0.717) is 5.82 Å². The van der Waals surface area contributed by atoms with Crippen molar-refractivity contribution in [2.24, 2.45) is 0 Å². The maximum atomic E-state index is 12.3. The molecule has 1 aliphatic heterocycles. The summed E-state index contributed by atoms with van der Waals surface area (Å²) in [6.07, 6.45) is 0.00234. The number of nitrogens with zero attached hydrogens (tertiary/aromatic N) is 3. The van der Waals surface area contributed by atoms with Gasteiger partial charge >= 0.3 is 5.97 Å². The molecule has 20 heavy (non-hydrogen) atoms. The fraction of sp³-hybridized carbons (Fsp3) is 0.667. The lowest BCUT2D eigenvalue weighted by molar-refractivity contribution is -0.141. The highest BCUT2D eigenvalue weighted by molar-refractivity contribution is 5.94. The molecule has 1 fully saturated rings. The molecule has 0 aliphatic carbocycles. The van der Waals surface area contributed by atoms with Crippen LogP contribution in [0, 0.1) is 0 Å². The summed E-state index contributed by atoms with van der Waals surface area (Å²) in [5.41, 5.74) is 0. The molecule has 0 spiro atoms. The Hall–Kier alpha value is -1.96. The zero-order chi connectivity index (χ0) is 14.9. The molecule has 2 heterocycles. The van der Waals surface area contributed by atoms with Gasteiger partial charge in [-0.25, -0.2) is 9.78 Å². The molecule has 8 heteroatoms. The minimum atomic E-state index is -1.04. The number of hydrogen-bond donors (Lipinski definition) is 2.